The molecule has 20 heavy (non-hydrogen) atoms. The van der Waals surface area contributed by atoms with Crippen LogP contribution in [0.3, 0.4) is 0 Å². The third kappa shape index (κ3) is 3.32. The molecule has 0 amide bonds. The summed E-state index contributed by atoms with van der Waals surface area (Å²) in [5.74, 6) is 2.39. The number of nitrogens with zero attached hydrogens (tertiary/aromatic N) is 2. The molecule has 1 aromatic rings. The predicted molar refractivity (Wildman–Crippen MR) is 88.2 cm³/mol. The van der Waals surface area contributed by atoms with Crippen molar-refractivity contribution in [2.45, 2.75) is 45.1 Å². The predicted octanol–water partition coefficient (Wildman–Crippen LogP) is 4.84. The summed E-state index contributed by atoms with van der Waals surface area (Å²) in [6.45, 7) is 2.28. The Labute approximate surface area is 131 Å². The molecule has 1 aliphatic carbocycles. The summed E-state index contributed by atoms with van der Waals surface area (Å²) in [7, 11) is 3.90. The minimum Gasteiger partial charge on any atom is -0.372 e. The normalized spacial score (nSPS) is 22.6. The van der Waals surface area contributed by atoms with Gasteiger partial charge in [0.2, 0.25) is 0 Å². The lowest BCUT2D eigenvalue weighted by atomic mass is 9.84. The van der Waals surface area contributed by atoms with E-state index in [0.717, 1.165) is 11.7 Å². The van der Waals surface area contributed by atoms with Crippen LogP contribution in [0.1, 0.15) is 39.0 Å². The highest BCUT2D eigenvalue weighted by atomic mass is 35.5. The van der Waals surface area contributed by atoms with Crippen molar-refractivity contribution in [3.05, 3.63) is 16.1 Å². The average Bonchev–Trinajstić information content (AvgIpc) is 2.47. The number of rotatable bonds is 4. The van der Waals surface area contributed by atoms with Gasteiger partial charge in [-0.15, -0.1) is 0 Å². The summed E-state index contributed by atoms with van der Waals surface area (Å²) in [4.78, 5) is 6.77. The van der Waals surface area contributed by atoms with Gasteiger partial charge >= 0.3 is 0 Å². The van der Waals surface area contributed by atoms with Gasteiger partial charge in [-0.3, -0.25) is 0 Å². The van der Waals surface area contributed by atoms with Crippen LogP contribution in [0.5, 0.6) is 0 Å². The van der Waals surface area contributed by atoms with Gasteiger partial charge in [0.1, 0.15) is 11.6 Å². The van der Waals surface area contributed by atoms with E-state index in [9.17, 15) is 0 Å². The summed E-state index contributed by atoms with van der Waals surface area (Å²) < 4.78 is 0. The quantitative estimate of drug-likeness (QED) is 0.862. The van der Waals surface area contributed by atoms with Crippen molar-refractivity contribution in [3.8, 4) is 0 Å². The van der Waals surface area contributed by atoms with E-state index < -0.39 is 0 Å². The van der Waals surface area contributed by atoms with Gasteiger partial charge in [-0.2, -0.15) is 0 Å². The van der Waals surface area contributed by atoms with E-state index in [0.29, 0.717) is 21.9 Å². The van der Waals surface area contributed by atoms with Crippen molar-refractivity contribution in [2.24, 2.45) is 5.92 Å². The molecule has 0 saturated heterocycles. The fourth-order valence-corrected chi connectivity index (χ4v) is 3.58. The van der Waals surface area contributed by atoms with Crippen LogP contribution < -0.4 is 10.2 Å². The van der Waals surface area contributed by atoms with Crippen LogP contribution >= 0.6 is 23.2 Å². The molecule has 1 heterocycles. The Kier molecular flexibility index (Phi) is 5.39. The lowest BCUT2D eigenvalue weighted by Gasteiger charge is -2.35. The van der Waals surface area contributed by atoms with Crippen LogP contribution in [0, 0.1) is 5.92 Å². The van der Waals surface area contributed by atoms with E-state index in [1.165, 1.54) is 32.1 Å². The molecule has 1 aliphatic rings. The number of hydrogen-bond acceptors (Lipinski definition) is 3. The molecule has 1 fully saturated rings. The highest BCUT2D eigenvalue weighted by Gasteiger charge is 2.25. The summed E-state index contributed by atoms with van der Waals surface area (Å²) in [5, 5.41) is 4.19. The van der Waals surface area contributed by atoms with Crippen LogP contribution in [0.15, 0.2) is 6.07 Å². The van der Waals surface area contributed by atoms with Gasteiger partial charge in [0.05, 0.1) is 10.0 Å². The third-order valence-corrected chi connectivity index (χ3v) is 4.99. The molecule has 3 nitrogen and oxygen atoms in total. The zero-order valence-corrected chi connectivity index (χ0v) is 13.9. The Morgan fingerprint density at radius 2 is 1.90 bits per heavy atom. The maximum absolute atomic E-state index is 6.31. The first-order chi connectivity index (χ1) is 9.56. The van der Waals surface area contributed by atoms with Crippen LogP contribution in [0.2, 0.25) is 10.0 Å². The first-order valence-corrected chi connectivity index (χ1v) is 8.09. The third-order valence-electron chi connectivity index (χ3n) is 4.42. The van der Waals surface area contributed by atoms with Gasteiger partial charge in [-0.1, -0.05) is 36.5 Å². The molecule has 1 aromatic heterocycles. The highest BCUT2D eigenvalue weighted by Crippen LogP contribution is 2.35. The number of nitrogens with one attached hydrogen (secondary N) is 1. The van der Waals surface area contributed by atoms with Gasteiger partial charge in [0, 0.05) is 20.1 Å². The minimum atomic E-state index is 0.522. The summed E-state index contributed by atoms with van der Waals surface area (Å²) in [6, 6.07) is 2.29. The molecule has 5 heteroatoms. The number of anilines is 2. The van der Waals surface area contributed by atoms with Gasteiger partial charge < -0.3 is 10.2 Å². The van der Waals surface area contributed by atoms with E-state index >= 15 is 0 Å². The molecule has 1 saturated carbocycles. The second-order valence-corrected chi connectivity index (χ2v) is 6.38. The molecule has 0 bridgehead atoms. The molecule has 2 rings (SSSR count). The van der Waals surface area contributed by atoms with Crippen LogP contribution in [0.25, 0.3) is 0 Å². The first-order valence-electron chi connectivity index (χ1n) is 7.33. The second kappa shape index (κ2) is 6.86. The summed E-state index contributed by atoms with van der Waals surface area (Å²) in [5.41, 5.74) is 0. The summed E-state index contributed by atoms with van der Waals surface area (Å²) >= 11 is 12.4. The lowest BCUT2D eigenvalue weighted by molar-refractivity contribution is 0.313. The van der Waals surface area contributed by atoms with Crippen molar-refractivity contribution in [1.29, 1.82) is 0 Å². The van der Waals surface area contributed by atoms with E-state index in [4.69, 9.17) is 23.2 Å². The second-order valence-electron chi connectivity index (χ2n) is 5.57. The zero-order chi connectivity index (χ0) is 14.7. The molecule has 112 valence electrons. The van der Waals surface area contributed by atoms with Gasteiger partial charge in [0.25, 0.3) is 0 Å². The first kappa shape index (κ1) is 15.7. The fraction of sp³-hybridized carbons (Fsp3) is 0.667. The molecule has 0 aromatic carbocycles. The van der Waals surface area contributed by atoms with Gasteiger partial charge in [-0.05, 0) is 37.7 Å². The Morgan fingerprint density at radius 3 is 2.45 bits per heavy atom. The minimum absolute atomic E-state index is 0.522. The maximum atomic E-state index is 6.31. The van der Waals surface area contributed by atoms with E-state index in [2.05, 4.69) is 29.2 Å². The molecule has 0 unspecified atom stereocenters. The largest absolute Gasteiger partial charge is 0.372 e. The fourth-order valence-electron chi connectivity index (χ4n) is 2.99. The molecule has 1 N–H and O–H groups in total. The van der Waals surface area contributed by atoms with Crippen molar-refractivity contribution < 1.29 is 0 Å². The van der Waals surface area contributed by atoms with Crippen molar-refractivity contribution >= 4 is 34.8 Å². The van der Waals surface area contributed by atoms with Crippen LogP contribution in [-0.2, 0) is 0 Å². The lowest BCUT2D eigenvalue weighted by Crippen LogP contribution is -2.35. The highest BCUT2D eigenvalue weighted by molar-refractivity contribution is 6.37. The monoisotopic (exact) mass is 315 g/mol. The molecule has 0 aliphatic heterocycles. The van der Waals surface area contributed by atoms with Crippen LogP contribution in [0.4, 0.5) is 11.6 Å². The Balaban J connectivity index is 2.15. The molecular weight excluding hydrogens is 293 g/mol. The van der Waals surface area contributed by atoms with E-state index in [1.54, 1.807) is 6.07 Å². The SMILES string of the molecule is CCC1CCC(N(C)c2nc(NC)c(Cl)cc2Cl)CC1. The average molecular weight is 316 g/mol. The van der Waals surface area contributed by atoms with E-state index in [-0.39, 0.29) is 0 Å². The number of aromatic nitrogens is 1. The standard InChI is InChI=1S/C15H23Cl2N3/c1-4-10-5-7-11(8-6-10)20(3)15-13(17)9-12(16)14(18-2)19-15/h9-11H,4-8H2,1-3H3,(H,18,19). The van der Waals surface area contributed by atoms with Gasteiger partial charge in [-0.25, -0.2) is 4.98 Å². The zero-order valence-electron chi connectivity index (χ0n) is 12.4. The smallest absolute Gasteiger partial charge is 0.149 e. The molecule has 0 radical (unpaired) electrons. The van der Waals surface area contributed by atoms with Crippen molar-refractivity contribution in [3.63, 3.8) is 0 Å². The molecular formula is C15H23Cl2N3. The Bertz CT molecular complexity index is 457. The molecule has 0 spiro atoms. The maximum Gasteiger partial charge on any atom is 0.149 e. The van der Waals surface area contributed by atoms with Crippen LogP contribution in [-0.4, -0.2) is 25.1 Å². The molecule has 0 atom stereocenters. The summed E-state index contributed by atoms with van der Waals surface area (Å²) in [6.07, 6.45) is 6.32. The number of halogens is 2. The van der Waals surface area contributed by atoms with Crippen molar-refractivity contribution in [2.75, 3.05) is 24.3 Å². The Hall–Kier alpha value is -0.670. The van der Waals surface area contributed by atoms with E-state index in [1.807, 2.05) is 7.05 Å². The van der Waals surface area contributed by atoms with Crippen molar-refractivity contribution in [1.82, 2.24) is 4.98 Å². The number of hydrogen-bond donors (Lipinski definition) is 1. The number of pyridine rings is 1. The topological polar surface area (TPSA) is 28.2 Å². The Morgan fingerprint density at radius 1 is 1.25 bits per heavy atom. The van der Waals surface area contributed by atoms with Gasteiger partial charge in [0.15, 0.2) is 0 Å².